The molecule has 0 spiro atoms. The van der Waals surface area contributed by atoms with Crippen molar-refractivity contribution in [2.45, 2.75) is 32.2 Å². The minimum Gasteiger partial charge on any atom is -0.481 e. The number of aliphatic hydroxyl groups excluding tert-OH is 1. The standard InChI is InChI=1S/C8H16O3Si/c1-12(2,3)5-4-7(9)6-8(10)11/h4-5,7,9H,6H2,1-3H3,(H,10,11)/b5-4+/t7-/m1/s1. The van der Waals surface area contributed by atoms with Crippen LogP contribution in [0.15, 0.2) is 11.8 Å². The molecule has 0 amide bonds. The molecule has 0 aliphatic rings. The first-order valence-corrected chi connectivity index (χ1v) is 7.48. The Morgan fingerprint density at radius 3 is 2.33 bits per heavy atom. The molecule has 0 rings (SSSR count). The molecule has 1 atom stereocenters. The molecule has 0 bridgehead atoms. The molecule has 0 fully saturated rings. The molecule has 0 aliphatic carbocycles. The van der Waals surface area contributed by atoms with Gasteiger partial charge in [0.15, 0.2) is 0 Å². The lowest BCUT2D eigenvalue weighted by Gasteiger charge is -2.09. The van der Waals surface area contributed by atoms with Crippen LogP contribution in [0.2, 0.25) is 19.6 Å². The maximum atomic E-state index is 10.2. The van der Waals surface area contributed by atoms with E-state index >= 15 is 0 Å². The summed E-state index contributed by atoms with van der Waals surface area (Å²) in [6, 6.07) is 0. The molecule has 4 heteroatoms. The van der Waals surface area contributed by atoms with Crippen LogP contribution in [0.4, 0.5) is 0 Å². The average molecular weight is 188 g/mol. The van der Waals surface area contributed by atoms with Gasteiger partial charge < -0.3 is 10.2 Å². The number of aliphatic carboxylic acids is 1. The first-order valence-electron chi connectivity index (χ1n) is 3.90. The van der Waals surface area contributed by atoms with E-state index in [0.29, 0.717) is 0 Å². The largest absolute Gasteiger partial charge is 0.481 e. The van der Waals surface area contributed by atoms with Gasteiger partial charge in [-0.1, -0.05) is 31.4 Å². The van der Waals surface area contributed by atoms with Crippen LogP contribution in [0.1, 0.15) is 6.42 Å². The van der Waals surface area contributed by atoms with Crippen LogP contribution >= 0.6 is 0 Å². The molecule has 12 heavy (non-hydrogen) atoms. The Balaban J connectivity index is 3.91. The Morgan fingerprint density at radius 2 is 2.00 bits per heavy atom. The molecule has 2 N–H and O–H groups in total. The quantitative estimate of drug-likeness (QED) is 0.653. The van der Waals surface area contributed by atoms with E-state index in [2.05, 4.69) is 19.6 Å². The lowest BCUT2D eigenvalue weighted by molar-refractivity contribution is -0.138. The molecule has 0 aromatic heterocycles. The van der Waals surface area contributed by atoms with Crippen molar-refractivity contribution in [3.8, 4) is 0 Å². The Morgan fingerprint density at radius 1 is 1.50 bits per heavy atom. The summed E-state index contributed by atoms with van der Waals surface area (Å²) in [5, 5.41) is 17.5. The summed E-state index contributed by atoms with van der Waals surface area (Å²) >= 11 is 0. The summed E-state index contributed by atoms with van der Waals surface area (Å²) in [6.07, 6.45) is 0.538. The summed E-state index contributed by atoms with van der Waals surface area (Å²) in [6.45, 7) is 6.37. The van der Waals surface area contributed by atoms with Crippen molar-refractivity contribution in [3.05, 3.63) is 11.8 Å². The van der Waals surface area contributed by atoms with E-state index < -0.39 is 20.1 Å². The van der Waals surface area contributed by atoms with Crippen molar-refractivity contribution >= 4 is 14.0 Å². The van der Waals surface area contributed by atoms with E-state index in [-0.39, 0.29) is 6.42 Å². The molecule has 0 saturated heterocycles. The van der Waals surface area contributed by atoms with Crippen molar-refractivity contribution in [3.63, 3.8) is 0 Å². The highest BCUT2D eigenvalue weighted by atomic mass is 28.3. The highest BCUT2D eigenvalue weighted by Gasteiger charge is 2.10. The normalized spacial score (nSPS) is 15.0. The minimum atomic E-state index is -1.30. The van der Waals surface area contributed by atoms with E-state index in [1.807, 2.05) is 5.70 Å². The van der Waals surface area contributed by atoms with Crippen LogP contribution in [-0.4, -0.2) is 30.4 Å². The number of hydrogen-bond acceptors (Lipinski definition) is 2. The molecule has 0 aliphatic heterocycles. The van der Waals surface area contributed by atoms with E-state index in [0.717, 1.165) is 0 Å². The molecule has 0 saturated carbocycles. The second kappa shape index (κ2) is 4.42. The maximum absolute atomic E-state index is 10.2. The molecule has 0 heterocycles. The first-order chi connectivity index (χ1) is 5.31. The Labute approximate surface area is 73.7 Å². The smallest absolute Gasteiger partial charge is 0.306 e. The third kappa shape index (κ3) is 7.49. The van der Waals surface area contributed by atoms with Gasteiger partial charge in [-0.15, -0.1) is 0 Å². The third-order valence-corrected chi connectivity index (χ3v) is 2.39. The molecule has 0 radical (unpaired) electrons. The molecule has 0 aromatic carbocycles. The summed E-state index contributed by atoms with van der Waals surface area (Å²) in [5.41, 5.74) is 1.95. The number of aliphatic hydroxyl groups is 1. The zero-order valence-electron chi connectivity index (χ0n) is 7.74. The van der Waals surface area contributed by atoms with Gasteiger partial charge in [-0.3, -0.25) is 4.79 Å². The van der Waals surface area contributed by atoms with Gasteiger partial charge in [-0.05, 0) is 0 Å². The Bertz CT molecular complexity index is 181. The summed E-state index contributed by atoms with van der Waals surface area (Å²) < 4.78 is 0. The van der Waals surface area contributed by atoms with Crippen molar-refractivity contribution in [2.24, 2.45) is 0 Å². The van der Waals surface area contributed by atoms with Gasteiger partial charge in [-0.25, -0.2) is 0 Å². The van der Waals surface area contributed by atoms with Crippen LogP contribution in [-0.2, 0) is 4.79 Å². The summed E-state index contributed by atoms with van der Waals surface area (Å²) in [4.78, 5) is 10.2. The van der Waals surface area contributed by atoms with Gasteiger partial charge in [0.2, 0.25) is 0 Å². The summed E-state index contributed by atoms with van der Waals surface area (Å²) in [7, 11) is -1.30. The van der Waals surface area contributed by atoms with Gasteiger partial charge in [0.1, 0.15) is 0 Å². The second-order valence-electron chi connectivity index (χ2n) is 3.89. The van der Waals surface area contributed by atoms with Crippen molar-refractivity contribution < 1.29 is 15.0 Å². The SMILES string of the molecule is C[Si](C)(C)/C=C/[C@@H](O)CC(=O)O. The molecular weight excluding hydrogens is 172 g/mol. The lowest BCUT2D eigenvalue weighted by atomic mass is 10.2. The van der Waals surface area contributed by atoms with Crippen LogP contribution < -0.4 is 0 Å². The first kappa shape index (κ1) is 11.4. The van der Waals surface area contributed by atoms with E-state index in [9.17, 15) is 4.79 Å². The van der Waals surface area contributed by atoms with Crippen LogP contribution in [0.5, 0.6) is 0 Å². The third-order valence-electron chi connectivity index (χ3n) is 1.20. The fraction of sp³-hybridized carbons (Fsp3) is 0.625. The van der Waals surface area contributed by atoms with Crippen LogP contribution in [0.25, 0.3) is 0 Å². The van der Waals surface area contributed by atoms with Crippen LogP contribution in [0, 0.1) is 0 Å². The monoisotopic (exact) mass is 188 g/mol. The fourth-order valence-corrected chi connectivity index (χ4v) is 1.45. The predicted octanol–water partition coefficient (Wildman–Crippen LogP) is 1.26. The number of carboxylic acid groups (broad SMARTS) is 1. The topological polar surface area (TPSA) is 57.5 Å². The number of rotatable bonds is 4. The zero-order chi connectivity index (χ0) is 9.78. The fourth-order valence-electron chi connectivity index (χ4n) is 0.647. The van der Waals surface area contributed by atoms with Gasteiger partial charge in [0.05, 0.1) is 20.6 Å². The van der Waals surface area contributed by atoms with Gasteiger partial charge in [0, 0.05) is 0 Å². The van der Waals surface area contributed by atoms with Crippen molar-refractivity contribution in [2.75, 3.05) is 0 Å². The predicted molar refractivity (Wildman–Crippen MR) is 50.7 cm³/mol. The summed E-state index contributed by atoms with van der Waals surface area (Å²) in [5.74, 6) is -0.970. The minimum absolute atomic E-state index is 0.207. The molecule has 0 aromatic rings. The van der Waals surface area contributed by atoms with Gasteiger partial charge in [-0.2, -0.15) is 0 Å². The maximum Gasteiger partial charge on any atom is 0.306 e. The molecule has 0 unspecified atom stereocenters. The van der Waals surface area contributed by atoms with E-state index in [1.165, 1.54) is 0 Å². The number of carbonyl (C=O) groups is 1. The van der Waals surface area contributed by atoms with E-state index in [1.54, 1.807) is 6.08 Å². The van der Waals surface area contributed by atoms with Gasteiger partial charge in [0.25, 0.3) is 0 Å². The van der Waals surface area contributed by atoms with Crippen molar-refractivity contribution in [1.29, 1.82) is 0 Å². The number of carboxylic acids is 1. The van der Waals surface area contributed by atoms with Crippen molar-refractivity contribution in [1.82, 2.24) is 0 Å². The Hall–Kier alpha value is -0.613. The lowest BCUT2D eigenvalue weighted by Crippen LogP contribution is -2.18. The highest BCUT2D eigenvalue weighted by Crippen LogP contribution is 2.04. The Kier molecular flexibility index (Phi) is 4.20. The number of hydrogen-bond donors (Lipinski definition) is 2. The average Bonchev–Trinajstić information content (AvgIpc) is 1.80. The molecular formula is C8H16O3Si. The highest BCUT2D eigenvalue weighted by molar-refractivity contribution is 6.80. The van der Waals surface area contributed by atoms with E-state index in [4.69, 9.17) is 10.2 Å². The zero-order valence-corrected chi connectivity index (χ0v) is 8.74. The molecule has 3 nitrogen and oxygen atoms in total. The molecule has 70 valence electrons. The van der Waals surface area contributed by atoms with Gasteiger partial charge >= 0.3 is 5.97 Å². The second-order valence-corrected chi connectivity index (χ2v) is 8.96. The van der Waals surface area contributed by atoms with Crippen LogP contribution in [0.3, 0.4) is 0 Å².